The van der Waals surface area contributed by atoms with E-state index in [1.165, 1.54) is 29.2 Å². The summed E-state index contributed by atoms with van der Waals surface area (Å²) in [6.07, 6.45) is -4.74. The molecular weight excluding hydrogens is 562 g/mol. The number of sulfonamides is 1. The molecule has 0 aliphatic carbocycles. The van der Waals surface area contributed by atoms with Gasteiger partial charge in [0.2, 0.25) is 5.91 Å². The van der Waals surface area contributed by atoms with Gasteiger partial charge in [0.15, 0.2) is 0 Å². The summed E-state index contributed by atoms with van der Waals surface area (Å²) in [4.78, 5) is 16.7. The number of piperazine rings is 1. The van der Waals surface area contributed by atoms with Gasteiger partial charge in [0, 0.05) is 36.9 Å². The molecule has 0 bridgehead atoms. The lowest BCUT2D eigenvalue weighted by Gasteiger charge is -2.38. The summed E-state index contributed by atoms with van der Waals surface area (Å²) in [6, 6.07) is 15.1. The first-order valence-corrected chi connectivity index (χ1v) is 13.8. The molecule has 3 aromatic rings. The molecular formula is C26H24Cl2F3N3O3S. The van der Waals surface area contributed by atoms with Gasteiger partial charge >= 0.3 is 6.18 Å². The predicted octanol–water partition coefficient (Wildman–Crippen LogP) is 5.86. The SMILES string of the molecule is Cc1ccc(Cl)cc1N1CCN(C(=O)CN(c2cc(C(F)(F)F)ccc2Cl)S(=O)(=O)c2ccccc2)CC1. The topological polar surface area (TPSA) is 60.9 Å². The fourth-order valence-corrected chi connectivity index (χ4v) is 6.12. The van der Waals surface area contributed by atoms with E-state index in [1.54, 1.807) is 12.1 Å². The first kappa shape index (κ1) is 28.1. The van der Waals surface area contributed by atoms with Crippen molar-refractivity contribution in [2.75, 3.05) is 41.9 Å². The Morgan fingerprint density at radius 3 is 2.24 bits per heavy atom. The van der Waals surface area contributed by atoms with Crippen LogP contribution in [0.4, 0.5) is 24.5 Å². The highest BCUT2D eigenvalue weighted by atomic mass is 35.5. The maximum atomic E-state index is 13.6. The zero-order valence-electron chi connectivity index (χ0n) is 20.3. The van der Waals surface area contributed by atoms with Gasteiger partial charge in [0.05, 0.1) is 21.2 Å². The molecule has 4 rings (SSSR count). The van der Waals surface area contributed by atoms with Crippen molar-refractivity contribution in [2.45, 2.75) is 18.0 Å². The highest BCUT2D eigenvalue weighted by molar-refractivity contribution is 7.92. The van der Waals surface area contributed by atoms with E-state index in [9.17, 15) is 26.4 Å². The smallest absolute Gasteiger partial charge is 0.368 e. The molecule has 1 saturated heterocycles. The average molecular weight is 586 g/mol. The van der Waals surface area contributed by atoms with Crippen molar-refractivity contribution in [1.82, 2.24) is 4.90 Å². The fraction of sp³-hybridized carbons (Fsp3) is 0.269. The Morgan fingerprint density at radius 2 is 1.61 bits per heavy atom. The molecule has 0 radical (unpaired) electrons. The minimum atomic E-state index is -4.74. The lowest BCUT2D eigenvalue weighted by molar-refractivity contribution is -0.137. The van der Waals surface area contributed by atoms with Crippen LogP contribution in [0.1, 0.15) is 11.1 Å². The predicted molar refractivity (Wildman–Crippen MR) is 142 cm³/mol. The van der Waals surface area contributed by atoms with Crippen molar-refractivity contribution in [3.63, 3.8) is 0 Å². The van der Waals surface area contributed by atoms with Crippen LogP contribution >= 0.6 is 23.2 Å². The van der Waals surface area contributed by atoms with Gasteiger partial charge in [-0.15, -0.1) is 0 Å². The van der Waals surface area contributed by atoms with Crippen molar-refractivity contribution in [3.05, 3.63) is 87.9 Å². The van der Waals surface area contributed by atoms with Crippen molar-refractivity contribution in [1.29, 1.82) is 0 Å². The Hall–Kier alpha value is -2.95. The summed E-state index contributed by atoms with van der Waals surface area (Å²) in [7, 11) is -4.43. The standard InChI is InChI=1S/C26H24Cl2F3N3O3S/c1-18-7-9-20(27)16-23(18)32-11-13-33(14-12-32)25(35)17-34(38(36,37)21-5-3-2-4-6-21)24-15-19(26(29,30)31)8-10-22(24)28/h2-10,15-16H,11-14,17H2,1H3. The quantitative estimate of drug-likeness (QED) is 0.363. The molecule has 0 aromatic heterocycles. The number of benzene rings is 3. The Kier molecular flexibility index (Phi) is 8.15. The molecule has 0 unspecified atom stereocenters. The number of hydrogen-bond donors (Lipinski definition) is 0. The van der Waals surface area contributed by atoms with Crippen LogP contribution in [0.3, 0.4) is 0 Å². The Balaban J connectivity index is 1.62. The van der Waals surface area contributed by atoms with Crippen LogP contribution in [0, 0.1) is 6.92 Å². The number of halogens is 5. The zero-order valence-corrected chi connectivity index (χ0v) is 22.6. The third kappa shape index (κ3) is 6.03. The number of carbonyl (C=O) groups is 1. The van der Waals surface area contributed by atoms with Gasteiger partial charge in [-0.05, 0) is 55.0 Å². The number of anilines is 2. The minimum Gasteiger partial charge on any atom is -0.368 e. The van der Waals surface area contributed by atoms with E-state index in [2.05, 4.69) is 4.90 Å². The van der Waals surface area contributed by atoms with E-state index in [1.807, 2.05) is 19.1 Å². The van der Waals surface area contributed by atoms with Gasteiger partial charge in [-0.2, -0.15) is 13.2 Å². The van der Waals surface area contributed by atoms with Gasteiger partial charge in [-0.3, -0.25) is 9.10 Å². The van der Waals surface area contributed by atoms with E-state index in [-0.39, 0.29) is 9.92 Å². The van der Waals surface area contributed by atoms with Crippen molar-refractivity contribution < 1.29 is 26.4 Å². The summed E-state index contributed by atoms with van der Waals surface area (Å²) in [5.41, 5.74) is 0.456. The maximum Gasteiger partial charge on any atom is 0.416 e. The largest absolute Gasteiger partial charge is 0.416 e. The van der Waals surface area contributed by atoms with Crippen molar-refractivity contribution in [3.8, 4) is 0 Å². The Labute approximate surface area is 229 Å². The van der Waals surface area contributed by atoms with Crippen LogP contribution in [0.5, 0.6) is 0 Å². The number of amides is 1. The second-order valence-corrected chi connectivity index (χ2v) is 11.5. The summed E-state index contributed by atoms with van der Waals surface area (Å²) in [5, 5.41) is 0.357. The highest BCUT2D eigenvalue weighted by Gasteiger charge is 2.35. The van der Waals surface area contributed by atoms with E-state index in [4.69, 9.17) is 23.2 Å². The van der Waals surface area contributed by atoms with E-state index >= 15 is 0 Å². The van der Waals surface area contributed by atoms with Gasteiger partial charge in [-0.1, -0.05) is 47.5 Å². The summed E-state index contributed by atoms with van der Waals surface area (Å²) in [5.74, 6) is -0.555. The number of hydrogen-bond acceptors (Lipinski definition) is 4. The van der Waals surface area contributed by atoms with Crippen LogP contribution in [0.25, 0.3) is 0 Å². The Morgan fingerprint density at radius 1 is 0.947 bits per heavy atom. The Bertz CT molecular complexity index is 1430. The molecule has 38 heavy (non-hydrogen) atoms. The van der Waals surface area contributed by atoms with Crippen molar-refractivity contribution in [2.24, 2.45) is 0 Å². The van der Waals surface area contributed by atoms with E-state index < -0.39 is 39.9 Å². The monoisotopic (exact) mass is 585 g/mol. The first-order valence-electron chi connectivity index (χ1n) is 11.6. The van der Waals surface area contributed by atoms with Crippen LogP contribution < -0.4 is 9.21 Å². The number of rotatable bonds is 6. The fourth-order valence-electron chi connectivity index (χ4n) is 4.24. The summed E-state index contributed by atoms with van der Waals surface area (Å²) >= 11 is 12.3. The molecule has 1 aliphatic heterocycles. The van der Waals surface area contributed by atoms with Gasteiger partial charge in [0.1, 0.15) is 6.54 Å². The molecule has 0 saturated carbocycles. The summed E-state index contributed by atoms with van der Waals surface area (Å²) in [6.45, 7) is 2.77. The lowest BCUT2D eigenvalue weighted by atomic mass is 10.1. The minimum absolute atomic E-state index is 0.178. The van der Waals surface area contributed by atoms with Gasteiger partial charge < -0.3 is 9.80 Å². The first-order chi connectivity index (χ1) is 17.9. The lowest BCUT2D eigenvalue weighted by Crippen LogP contribution is -2.52. The normalized spacial score (nSPS) is 14.5. The molecule has 0 atom stereocenters. The number of nitrogens with zero attached hydrogens (tertiary/aromatic N) is 3. The molecule has 1 aliphatic rings. The molecule has 0 spiro atoms. The molecule has 1 amide bonds. The zero-order chi connectivity index (χ0) is 27.7. The summed E-state index contributed by atoms with van der Waals surface area (Å²) < 4.78 is 68.2. The third-order valence-electron chi connectivity index (χ3n) is 6.30. The molecule has 6 nitrogen and oxygen atoms in total. The van der Waals surface area contributed by atoms with Crippen LogP contribution in [0.2, 0.25) is 10.0 Å². The molecule has 1 fully saturated rings. The number of aryl methyl sites for hydroxylation is 1. The molecule has 12 heteroatoms. The highest BCUT2D eigenvalue weighted by Crippen LogP contribution is 2.37. The van der Waals surface area contributed by atoms with E-state index in [0.29, 0.717) is 41.6 Å². The third-order valence-corrected chi connectivity index (χ3v) is 8.63. The molecule has 1 heterocycles. The molecule has 0 N–H and O–H groups in total. The van der Waals surface area contributed by atoms with Crippen molar-refractivity contribution >= 4 is 50.5 Å². The number of carbonyl (C=O) groups excluding carboxylic acids is 1. The second-order valence-electron chi connectivity index (χ2n) is 8.79. The van der Waals surface area contributed by atoms with Gasteiger partial charge in [0.25, 0.3) is 10.0 Å². The molecule has 3 aromatic carbocycles. The van der Waals surface area contributed by atoms with Crippen LogP contribution in [0.15, 0.2) is 71.6 Å². The second kappa shape index (κ2) is 11.0. The van der Waals surface area contributed by atoms with Crippen LogP contribution in [-0.4, -0.2) is 51.9 Å². The van der Waals surface area contributed by atoms with Crippen LogP contribution in [-0.2, 0) is 21.0 Å². The molecule has 202 valence electrons. The maximum absolute atomic E-state index is 13.6. The van der Waals surface area contributed by atoms with Gasteiger partial charge in [-0.25, -0.2) is 8.42 Å². The number of alkyl halides is 3. The van der Waals surface area contributed by atoms with E-state index in [0.717, 1.165) is 23.4 Å². The average Bonchev–Trinajstić information content (AvgIpc) is 2.89.